The average Bonchev–Trinajstić information content (AvgIpc) is 2.60. The fourth-order valence-electron chi connectivity index (χ4n) is 2.10. The molecule has 0 spiro atoms. The number of nitrogens with two attached hydrogens (primary N) is 2. The molecule has 0 radical (unpaired) electrons. The summed E-state index contributed by atoms with van der Waals surface area (Å²) in [5, 5.41) is 19.3. The van der Waals surface area contributed by atoms with Gasteiger partial charge in [0.2, 0.25) is 5.67 Å². The summed E-state index contributed by atoms with van der Waals surface area (Å²) in [6.45, 7) is 4.79. The number of aliphatic hydroxyl groups is 2. The molecule has 6 N–H and O–H groups in total. The van der Waals surface area contributed by atoms with E-state index < -0.39 is 44.0 Å². The molecule has 2 aliphatic rings. The highest BCUT2D eigenvalue weighted by molar-refractivity contribution is 7.41. The highest BCUT2D eigenvalue weighted by atomic mass is 31.2. The molecule has 0 bridgehead atoms. The predicted octanol–water partition coefficient (Wildman–Crippen LogP) is 0.761. The lowest BCUT2D eigenvalue weighted by Gasteiger charge is -2.41. The second-order valence-electron chi connectivity index (χ2n) is 6.16. The van der Waals surface area contributed by atoms with Gasteiger partial charge in [-0.25, -0.2) is 4.39 Å². The Morgan fingerprint density at radius 3 is 2.64 bits per heavy atom. The van der Waals surface area contributed by atoms with E-state index in [1.165, 1.54) is 0 Å². The molecule has 0 amide bonds. The van der Waals surface area contributed by atoms with Crippen molar-refractivity contribution in [2.24, 2.45) is 16.9 Å². The number of rotatable bonds is 4. The first kappa shape index (κ1) is 17.8. The van der Waals surface area contributed by atoms with Crippen molar-refractivity contribution in [2.75, 3.05) is 13.2 Å². The first-order chi connectivity index (χ1) is 10.1. The van der Waals surface area contributed by atoms with Gasteiger partial charge in [0.25, 0.3) is 0 Å². The summed E-state index contributed by atoms with van der Waals surface area (Å²) in [6.07, 6.45) is -3.16. The smallest absolute Gasteiger partial charge is 0.333 e. The molecule has 0 aliphatic carbocycles. The van der Waals surface area contributed by atoms with Gasteiger partial charge in [-0.15, -0.1) is 0 Å². The van der Waals surface area contributed by atoms with Crippen LogP contribution in [0.15, 0.2) is 11.5 Å². The van der Waals surface area contributed by atoms with Gasteiger partial charge in [-0.3, -0.25) is 5.73 Å². The monoisotopic (exact) mass is 340 g/mol. The lowest BCUT2D eigenvalue weighted by atomic mass is 9.87. The van der Waals surface area contributed by atoms with Crippen molar-refractivity contribution in [2.45, 2.75) is 45.0 Å². The largest absolute Gasteiger partial charge is 0.506 e. The van der Waals surface area contributed by atoms with Crippen LogP contribution in [-0.2, 0) is 18.3 Å². The van der Waals surface area contributed by atoms with Crippen molar-refractivity contribution >= 4 is 8.60 Å². The van der Waals surface area contributed by atoms with E-state index in [2.05, 4.69) is 0 Å². The molecule has 5 atom stereocenters. The maximum absolute atomic E-state index is 14.0. The number of hydrogen-bond donors (Lipinski definition) is 4. The lowest BCUT2D eigenvalue weighted by Crippen LogP contribution is -2.49. The molecular formula is C12H22FN2O6P. The molecule has 2 rings (SSSR count). The van der Waals surface area contributed by atoms with Crippen LogP contribution in [0.2, 0.25) is 0 Å². The molecule has 22 heavy (non-hydrogen) atoms. The quantitative estimate of drug-likeness (QED) is 0.436. The van der Waals surface area contributed by atoms with E-state index in [9.17, 15) is 14.6 Å². The third-order valence-corrected chi connectivity index (χ3v) is 4.73. The molecular weight excluding hydrogens is 318 g/mol. The third kappa shape index (κ3) is 3.35. The van der Waals surface area contributed by atoms with Crippen LogP contribution in [-0.4, -0.2) is 47.7 Å². The molecule has 128 valence electrons. The summed E-state index contributed by atoms with van der Waals surface area (Å²) in [6, 6.07) is 0. The molecule has 0 aromatic heterocycles. The van der Waals surface area contributed by atoms with E-state index in [1.54, 1.807) is 0 Å². The minimum atomic E-state index is -2.17. The van der Waals surface area contributed by atoms with Crippen LogP contribution in [0.3, 0.4) is 0 Å². The molecule has 1 fully saturated rings. The highest BCUT2D eigenvalue weighted by Gasteiger charge is 2.48. The highest BCUT2D eigenvalue weighted by Crippen LogP contribution is 2.51. The molecule has 2 heterocycles. The van der Waals surface area contributed by atoms with Crippen LogP contribution in [0.4, 0.5) is 4.39 Å². The number of hydrogen-bond acceptors (Lipinski definition) is 8. The summed E-state index contributed by atoms with van der Waals surface area (Å²) in [4.78, 5) is 0. The summed E-state index contributed by atoms with van der Waals surface area (Å²) in [5.74, 6) is -0.718. The molecule has 0 saturated carbocycles. The zero-order chi connectivity index (χ0) is 16.7. The van der Waals surface area contributed by atoms with Gasteiger partial charge in [-0.2, -0.15) is 0 Å². The fraction of sp³-hybridized carbons (Fsp3) is 0.833. The van der Waals surface area contributed by atoms with Crippen molar-refractivity contribution in [1.82, 2.24) is 0 Å². The molecule has 1 saturated heterocycles. The van der Waals surface area contributed by atoms with E-state index in [-0.39, 0.29) is 19.0 Å². The summed E-state index contributed by atoms with van der Waals surface area (Å²) < 4.78 is 35.2. The first-order valence-corrected chi connectivity index (χ1v) is 7.85. The Kier molecular flexibility index (Phi) is 4.99. The second kappa shape index (κ2) is 6.16. The number of aliphatic hydroxyl groups excluding tert-OH is 2. The van der Waals surface area contributed by atoms with Crippen LogP contribution < -0.4 is 11.5 Å². The number of ether oxygens (including phenoxy) is 1. The van der Waals surface area contributed by atoms with E-state index >= 15 is 0 Å². The standard InChI is InChI=1S/C12H22FN2O6P/c1-11(2)5-19-22(21-8(11)9(14)17)18-4-6-7(16)12(3,13)10(15)20-6/h8-10,16-17H,4-5,14-15H2,1-3H3/t8-,9?,10+,12?,22?/m0/s1. The van der Waals surface area contributed by atoms with Gasteiger partial charge in [0.1, 0.15) is 18.9 Å². The summed E-state index contributed by atoms with van der Waals surface area (Å²) in [7, 11) is -1.81. The van der Waals surface area contributed by atoms with Crippen LogP contribution in [0, 0.1) is 5.41 Å². The van der Waals surface area contributed by atoms with Gasteiger partial charge in [0, 0.05) is 5.41 Å². The first-order valence-electron chi connectivity index (χ1n) is 6.76. The van der Waals surface area contributed by atoms with Crippen LogP contribution in [0.25, 0.3) is 0 Å². The van der Waals surface area contributed by atoms with Crippen molar-refractivity contribution < 1.29 is 32.9 Å². The minimum absolute atomic E-state index is 0.109. The second-order valence-corrected chi connectivity index (χ2v) is 7.34. The topological polar surface area (TPSA) is 129 Å². The SMILES string of the molecule is CC1(C)COP(OCC2=C(O)C(C)(F)[C@H](N)O2)O[C@H]1C(N)O. The van der Waals surface area contributed by atoms with Gasteiger partial charge in [0.05, 0.1) is 6.61 Å². The van der Waals surface area contributed by atoms with Crippen LogP contribution in [0.5, 0.6) is 0 Å². The molecule has 3 unspecified atom stereocenters. The summed E-state index contributed by atoms with van der Waals surface area (Å²) >= 11 is 0. The Balaban J connectivity index is 1.95. The van der Waals surface area contributed by atoms with Crippen LogP contribution in [0.1, 0.15) is 20.8 Å². The Bertz CT molecular complexity index is 459. The van der Waals surface area contributed by atoms with E-state index in [0.717, 1.165) is 6.92 Å². The Labute approximate surface area is 129 Å². The van der Waals surface area contributed by atoms with Gasteiger partial charge in [-0.05, 0) is 6.92 Å². The Hall–Kier alpha value is -0.540. The zero-order valence-electron chi connectivity index (χ0n) is 12.7. The molecule has 0 aromatic rings. The van der Waals surface area contributed by atoms with Crippen molar-refractivity contribution in [3.05, 3.63) is 11.5 Å². The maximum Gasteiger partial charge on any atom is 0.333 e. The van der Waals surface area contributed by atoms with Gasteiger partial charge in [-0.1, -0.05) is 13.8 Å². The zero-order valence-corrected chi connectivity index (χ0v) is 13.5. The summed E-state index contributed by atoms with van der Waals surface area (Å²) in [5.41, 5.74) is 8.27. The van der Waals surface area contributed by atoms with Crippen molar-refractivity contribution in [1.29, 1.82) is 0 Å². The normalized spacial score (nSPS) is 39.7. The third-order valence-electron chi connectivity index (χ3n) is 3.65. The Morgan fingerprint density at radius 2 is 2.14 bits per heavy atom. The fourth-order valence-corrected chi connectivity index (χ4v) is 3.55. The molecule has 0 aromatic carbocycles. The maximum atomic E-state index is 14.0. The lowest BCUT2D eigenvalue weighted by molar-refractivity contribution is -0.0906. The molecule has 8 nitrogen and oxygen atoms in total. The predicted molar refractivity (Wildman–Crippen MR) is 75.9 cm³/mol. The Morgan fingerprint density at radius 1 is 1.50 bits per heavy atom. The number of halogens is 1. The average molecular weight is 340 g/mol. The van der Waals surface area contributed by atoms with Gasteiger partial charge >= 0.3 is 8.60 Å². The minimum Gasteiger partial charge on any atom is -0.506 e. The van der Waals surface area contributed by atoms with Gasteiger partial charge in [0.15, 0.2) is 17.7 Å². The van der Waals surface area contributed by atoms with E-state index in [4.69, 9.17) is 29.8 Å². The number of alkyl halides is 1. The van der Waals surface area contributed by atoms with E-state index in [0.29, 0.717) is 0 Å². The molecule has 2 aliphatic heterocycles. The van der Waals surface area contributed by atoms with Crippen molar-refractivity contribution in [3.63, 3.8) is 0 Å². The van der Waals surface area contributed by atoms with Crippen molar-refractivity contribution in [3.8, 4) is 0 Å². The molecule has 10 heteroatoms. The van der Waals surface area contributed by atoms with Gasteiger partial charge < -0.3 is 34.3 Å². The van der Waals surface area contributed by atoms with E-state index in [1.807, 2.05) is 13.8 Å². The van der Waals surface area contributed by atoms with Crippen LogP contribution >= 0.6 is 8.60 Å².